The Balaban J connectivity index is 1.72. The van der Waals surface area contributed by atoms with Crippen LogP contribution in [-0.4, -0.2) is 16.6 Å². The van der Waals surface area contributed by atoms with E-state index in [4.69, 9.17) is 0 Å². The molecule has 3 aromatic carbocycles. The molecular weight excluding hydrogens is 521 g/mol. The van der Waals surface area contributed by atoms with E-state index in [0.717, 1.165) is 10.2 Å². The molecule has 1 amide bonds. The van der Waals surface area contributed by atoms with Crippen LogP contribution in [0.1, 0.15) is 5.56 Å². The van der Waals surface area contributed by atoms with Crippen LogP contribution in [0.25, 0.3) is 16.3 Å². The van der Waals surface area contributed by atoms with Gasteiger partial charge in [0.05, 0.1) is 15.9 Å². The van der Waals surface area contributed by atoms with E-state index in [1.54, 1.807) is 24.3 Å². The van der Waals surface area contributed by atoms with E-state index in [9.17, 15) is 18.0 Å². The third-order valence-corrected chi connectivity index (χ3v) is 6.62. The first-order valence-corrected chi connectivity index (χ1v) is 11.8. The van der Waals surface area contributed by atoms with Crippen molar-refractivity contribution >= 4 is 72.0 Å². The molecule has 4 aromatic rings. The molecule has 3 nitrogen and oxygen atoms in total. The summed E-state index contributed by atoms with van der Waals surface area (Å²) in [4.78, 5) is 19.5. The third kappa shape index (κ3) is 5.23. The Morgan fingerprint density at radius 2 is 1.84 bits per heavy atom. The number of thiazole rings is 1. The number of aromatic nitrogens is 1. The number of thioether (sulfide) groups is 1. The molecule has 9 heteroatoms. The summed E-state index contributed by atoms with van der Waals surface area (Å²) in [5, 5.41) is 0.421. The van der Waals surface area contributed by atoms with Gasteiger partial charge in [0.25, 0.3) is 11.7 Å². The van der Waals surface area contributed by atoms with E-state index < -0.39 is 17.5 Å². The first-order chi connectivity index (χ1) is 15.4. The maximum Gasteiger partial charge on any atom is 0.288 e. The Bertz CT molecular complexity index is 1260. The second-order valence-electron chi connectivity index (χ2n) is 6.51. The summed E-state index contributed by atoms with van der Waals surface area (Å²) in [6.45, 7) is 0. The SMILES string of the molecule is O=C(C=Cc1cc(Br)ccc1F)N(c1ccc(SC(F)F)cc1)c1nc2ccccc2s1. The number of para-hydroxylation sites is 1. The molecule has 0 spiro atoms. The van der Waals surface area contributed by atoms with Crippen molar-refractivity contribution in [1.29, 1.82) is 0 Å². The first kappa shape index (κ1) is 22.6. The number of benzene rings is 3. The number of anilines is 2. The van der Waals surface area contributed by atoms with Crippen molar-refractivity contribution in [2.24, 2.45) is 0 Å². The highest BCUT2D eigenvalue weighted by molar-refractivity contribution is 9.10. The molecule has 0 atom stereocenters. The van der Waals surface area contributed by atoms with E-state index in [-0.39, 0.29) is 5.56 Å². The molecular formula is C23H14BrF3N2OS2. The lowest BCUT2D eigenvalue weighted by atomic mass is 10.2. The van der Waals surface area contributed by atoms with Gasteiger partial charge in [-0.25, -0.2) is 9.37 Å². The zero-order valence-corrected chi connectivity index (χ0v) is 19.4. The topological polar surface area (TPSA) is 33.2 Å². The number of fused-ring (bicyclic) bond motifs is 1. The lowest BCUT2D eigenvalue weighted by Crippen LogP contribution is -2.23. The molecule has 0 fully saturated rings. The van der Waals surface area contributed by atoms with E-state index >= 15 is 0 Å². The molecule has 4 rings (SSSR count). The minimum Gasteiger partial charge on any atom is -0.269 e. The fourth-order valence-electron chi connectivity index (χ4n) is 2.94. The smallest absolute Gasteiger partial charge is 0.269 e. The van der Waals surface area contributed by atoms with E-state index in [1.165, 1.54) is 46.6 Å². The Kier molecular flexibility index (Phi) is 6.98. The quantitative estimate of drug-likeness (QED) is 0.186. The minimum atomic E-state index is -2.54. The van der Waals surface area contributed by atoms with Crippen molar-refractivity contribution in [3.8, 4) is 0 Å². The first-order valence-electron chi connectivity index (χ1n) is 9.28. The van der Waals surface area contributed by atoms with Crippen molar-refractivity contribution < 1.29 is 18.0 Å². The molecule has 0 saturated carbocycles. The Hall–Kier alpha value is -2.62. The van der Waals surface area contributed by atoms with Crippen molar-refractivity contribution in [1.82, 2.24) is 4.98 Å². The highest BCUT2D eigenvalue weighted by atomic mass is 79.9. The Morgan fingerprint density at radius 3 is 2.56 bits per heavy atom. The summed E-state index contributed by atoms with van der Waals surface area (Å²) in [5.74, 6) is -3.44. The van der Waals surface area contributed by atoms with Gasteiger partial charge in [-0.15, -0.1) is 0 Å². The number of hydrogen-bond donors (Lipinski definition) is 0. The molecule has 1 aromatic heterocycles. The maximum absolute atomic E-state index is 14.1. The number of nitrogens with zero attached hydrogens (tertiary/aromatic N) is 2. The fraction of sp³-hybridized carbons (Fsp3) is 0.0435. The van der Waals surface area contributed by atoms with Crippen molar-refractivity contribution in [3.05, 3.63) is 88.7 Å². The van der Waals surface area contributed by atoms with Gasteiger partial charge >= 0.3 is 0 Å². The van der Waals surface area contributed by atoms with Crippen molar-refractivity contribution in [2.45, 2.75) is 10.7 Å². The number of rotatable bonds is 6. The van der Waals surface area contributed by atoms with E-state index in [2.05, 4.69) is 20.9 Å². The zero-order valence-electron chi connectivity index (χ0n) is 16.2. The van der Waals surface area contributed by atoms with Gasteiger partial charge in [-0.05, 0) is 60.7 Å². The van der Waals surface area contributed by atoms with Gasteiger partial charge < -0.3 is 0 Å². The van der Waals surface area contributed by atoms with Crippen LogP contribution in [0.2, 0.25) is 0 Å². The molecule has 1 heterocycles. The Labute approximate surface area is 198 Å². The van der Waals surface area contributed by atoms with Crippen LogP contribution in [0.4, 0.5) is 24.0 Å². The predicted octanol–water partition coefficient (Wildman–Crippen LogP) is 7.89. The van der Waals surface area contributed by atoms with Crippen LogP contribution in [0.5, 0.6) is 0 Å². The molecule has 0 aliphatic carbocycles. The largest absolute Gasteiger partial charge is 0.288 e. The molecule has 0 unspecified atom stereocenters. The lowest BCUT2D eigenvalue weighted by molar-refractivity contribution is -0.113. The van der Waals surface area contributed by atoms with Crippen LogP contribution in [0, 0.1) is 5.82 Å². The Morgan fingerprint density at radius 1 is 1.09 bits per heavy atom. The average Bonchev–Trinajstić information content (AvgIpc) is 3.19. The van der Waals surface area contributed by atoms with Crippen LogP contribution < -0.4 is 4.90 Å². The van der Waals surface area contributed by atoms with E-state index in [1.807, 2.05) is 24.3 Å². The van der Waals surface area contributed by atoms with Crippen LogP contribution >= 0.6 is 39.0 Å². The zero-order chi connectivity index (χ0) is 22.7. The maximum atomic E-state index is 14.1. The van der Waals surface area contributed by atoms with Gasteiger partial charge in [0, 0.05) is 21.0 Å². The second-order valence-corrected chi connectivity index (χ2v) is 9.50. The van der Waals surface area contributed by atoms with E-state index in [0.29, 0.717) is 31.9 Å². The van der Waals surface area contributed by atoms with Gasteiger partial charge in [0.1, 0.15) is 5.82 Å². The van der Waals surface area contributed by atoms with Gasteiger partial charge in [0.2, 0.25) is 0 Å². The highest BCUT2D eigenvalue weighted by Crippen LogP contribution is 2.35. The molecule has 0 aliphatic heterocycles. The van der Waals surface area contributed by atoms with Gasteiger partial charge in [-0.3, -0.25) is 9.69 Å². The molecule has 0 N–H and O–H groups in total. The second kappa shape index (κ2) is 9.89. The van der Waals surface area contributed by atoms with Gasteiger partial charge in [-0.1, -0.05) is 51.2 Å². The number of hydrogen-bond acceptors (Lipinski definition) is 4. The normalized spacial score (nSPS) is 11.5. The number of carbonyl (C=O) groups excluding carboxylic acids is 1. The van der Waals surface area contributed by atoms with Crippen LogP contribution in [-0.2, 0) is 4.79 Å². The summed E-state index contributed by atoms with van der Waals surface area (Å²) in [5.41, 5.74) is 1.45. The molecule has 0 saturated heterocycles. The fourth-order valence-corrected chi connectivity index (χ4v) is 4.81. The standard InChI is InChI=1S/C23H14BrF3N2OS2/c24-15-6-11-18(25)14(13-15)5-12-21(30)29(16-7-9-17(10-8-16)31-22(26)27)23-28-19-3-1-2-4-20(19)32-23/h1-13,22H. The predicted molar refractivity (Wildman–Crippen MR) is 128 cm³/mol. The molecule has 0 aliphatic rings. The number of halogens is 4. The van der Waals surface area contributed by atoms with Crippen molar-refractivity contribution in [2.75, 3.05) is 4.90 Å². The highest BCUT2D eigenvalue weighted by Gasteiger charge is 2.20. The summed E-state index contributed by atoms with van der Waals surface area (Å²) < 4.78 is 41.0. The number of carbonyl (C=O) groups is 1. The molecule has 0 bridgehead atoms. The molecule has 32 heavy (non-hydrogen) atoms. The third-order valence-electron chi connectivity index (χ3n) is 4.38. The summed E-state index contributed by atoms with van der Waals surface area (Å²) in [7, 11) is 0. The minimum absolute atomic E-state index is 0.251. The van der Waals surface area contributed by atoms with Gasteiger partial charge in [0.15, 0.2) is 5.13 Å². The van der Waals surface area contributed by atoms with Crippen molar-refractivity contribution in [3.63, 3.8) is 0 Å². The summed E-state index contributed by atoms with van der Waals surface area (Å²) in [6, 6.07) is 18.1. The molecule has 0 radical (unpaired) electrons. The lowest BCUT2D eigenvalue weighted by Gasteiger charge is -2.18. The van der Waals surface area contributed by atoms with Gasteiger partial charge in [-0.2, -0.15) is 8.78 Å². The summed E-state index contributed by atoms with van der Waals surface area (Å²) in [6.07, 6.45) is 2.66. The van der Waals surface area contributed by atoms with Crippen LogP contribution in [0.15, 0.2) is 82.2 Å². The number of amides is 1. The molecule has 162 valence electrons. The summed E-state index contributed by atoms with van der Waals surface area (Å²) >= 11 is 5.04. The number of alkyl halides is 2. The average molecular weight is 535 g/mol. The van der Waals surface area contributed by atoms with Crippen LogP contribution in [0.3, 0.4) is 0 Å². The monoisotopic (exact) mass is 534 g/mol.